The SMILES string of the molecule is Cc1ccc(Cl)cc1NC(=O)CNCc1cccc(F)c1. The van der Waals surface area contributed by atoms with Crippen LogP contribution in [0.4, 0.5) is 10.1 Å². The van der Waals surface area contributed by atoms with Crippen molar-refractivity contribution in [3.8, 4) is 0 Å². The predicted molar refractivity (Wildman–Crippen MR) is 82.9 cm³/mol. The molecule has 2 rings (SSSR count). The highest BCUT2D eigenvalue weighted by Gasteiger charge is 2.05. The maximum atomic E-state index is 13.0. The third-order valence-corrected chi connectivity index (χ3v) is 3.21. The van der Waals surface area contributed by atoms with E-state index in [4.69, 9.17) is 11.6 Å². The van der Waals surface area contributed by atoms with Crippen LogP contribution in [0, 0.1) is 12.7 Å². The van der Waals surface area contributed by atoms with Crippen molar-refractivity contribution in [2.75, 3.05) is 11.9 Å². The van der Waals surface area contributed by atoms with E-state index in [1.54, 1.807) is 24.3 Å². The lowest BCUT2D eigenvalue weighted by molar-refractivity contribution is -0.115. The largest absolute Gasteiger partial charge is 0.325 e. The first-order valence-corrected chi connectivity index (χ1v) is 6.93. The van der Waals surface area contributed by atoms with Crippen LogP contribution >= 0.6 is 11.6 Å². The quantitative estimate of drug-likeness (QED) is 0.887. The first-order valence-electron chi connectivity index (χ1n) is 6.56. The van der Waals surface area contributed by atoms with E-state index in [9.17, 15) is 9.18 Å². The van der Waals surface area contributed by atoms with Crippen molar-refractivity contribution < 1.29 is 9.18 Å². The Morgan fingerprint density at radius 2 is 2.05 bits per heavy atom. The lowest BCUT2D eigenvalue weighted by atomic mass is 10.2. The summed E-state index contributed by atoms with van der Waals surface area (Å²) in [5.74, 6) is -0.454. The van der Waals surface area contributed by atoms with Crippen LogP contribution in [0.1, 0.15) is 11.1 Å². The van der Waals surface area contributed by atoms with Crippen LogP contribution in [0.5, 0.6) is 0 Å². The molecule has 2 aromatic rings. The minimum absolute atomic E-state index is 0.141. The fraction of sp³-hybridized carbons (Fsp3) is 0.188. The Morgan fingerprint density at radius 3 is 2.81 bits per heavy atom. The number of aryl methyl sites for hydroxylation is 1. The van der Waals surface area contributed by atoms with Gasteiger partial charge in [-0.2, -0.15) is 0 Å². The Kier molecular flexibility index (Phi) is 5.31. The Labute approximate surface area is 128 Å². The highest BCUT2D eigenvalue weighted by Crippen LogP contribution is 2.19. The zero-order valence-electron chi connectivity index (χ0n) is 11.6. The number of carbonyl (C=O) groups is 1. The zero-order valence-corrected chi connectivity index (χ0v) is 12.4. The van der Waals surface area contributed by atoms with Gasteiger partial charge in [-0.15, -0.1) is 0 Å². The van der Waals surface area contributed by atoms with E-state index >= 15 is 0 Å². The normalized spacial score (nSPS) is 10.4. The number of hydrogen-bond acceptors (Lipinski definition) is 2. The van der Waals surface area contributed by atoms with Crippen LogP contribution in [-0.4, -0.2) is 12.5 Å². The molecular weight excluding hydrogens is 291 g/mol. The summed E-state index contributed by atoms with van der Waals surface area (Å²) in [6.45, 7) is 2.47. The molecule has 0 spiro atoms. The van der Waals surface area contributed by atoms with Crippen molar-refractivity contribution in [2.24, 2.45) is 0 Å². The van der Waals surface area contributed by atoms with Crippen LogP contribution < -0.4 is 10.6 Å². The minimum atomic E-state index is -0.284. The van der Waals surface area contributed by atoms with Crippen LogP contribution in [0.3, 0.4) is 0 Å². The number of benzene rings is 2. The molecule has 0 atom stereocenters. The van der Waals surface area contributed by atoms with Gasteiger partial charge in [0.2, 0.25) is 5.91 Å². The van der Waals surface area contributed by atoms with Gasteiger partial charge in [-0.1, -0.05) is 29.8 Å². The summed E-state index contributed by atoms with van der Waals surface area (Å²) in [5, 5.41) is 6.33. The van der Waals surface area contributed by atoms with E-state index in [1.165, 1.54) is 12.1 Å². The van der Waals surface area contributed by atoms with Gasteiger partial charge in [0.1, 0.15) is 5.82 Å². The molecule has 0 saturated heterocycles. The number of hydrogen-bond donors (Lipinski definition) is 2. The van der Waals surface area contributed by atoms with E-state index in [2.05, 4.69) is 10.6 Å². The first kappa shape index (κ1) is 15.5. The van der Waals surface area contributed by atoms with Gasteiger partial charge in [0.15, 0.2) is 0 Å². The summed E-state index contributed by atoms with van der Waals surface area (Å²) in [6.07, 6.45) is 0. The average molecular weight is 307 g/mol. The molecule has 2 N–H and O–H groups in total. The molecule has 0 bridgehead atoms. The maximum absolute atomic E-state index is 13.0. The van der Waals surface area contributed by atoms with E-state index in [0.29, 0.717) is 17.3 Å². The van der Waals surface area contributed by atoms with Gasteiger partial charge in [-0.05, 0) is 42.3 Å². The molecule has 110 valence electrons. The van der Waals surface area contributed by atoms with Gasteiger partial charge in [-0.25, -0.2) is 4.39 Å². The van der Waals surface area contributed by atoms with E-state index in [0.717, 1.165) is 11.1 Å². The molecule has 21 heavy (non-hydrogen) atoms. The van der Waals surface area contributed by atoms with Crippen LogP contribution in [0.15, 0.2) is 42.5 Å². The van der Waals surface area contributed by atoms with Crippen molar-refractivity contribution >= 4 is 23.2 Å². The average Bonchev–Trinajstić information content (AvgIpc) is 2.43. The van der Waals surface area contributed by atoms with Crippen molar-refractivity contribution in [3.05, 3.63) is 64.4 Å². The van der Waals surface area contributed by atoms with Crippen LogP contribution in [0.25, 0.3) is 0 Å². The third-order valence-electron chi connectivity index (χ3n) is 2.98. The maximum Gasteiger partial charge on any atom is 0.238 e. The number of halogens is 2. The molecule has 1 amide bonds. The molecule has 2 aromatic carbocycles. The Balaban J connectivity index is 1.84. The summed E-state index contributed by atoms with van der Waals surface area (Å²) in [5.41, 5.74) is 2.43. The standard InChI is InChI=1S/C16H16ClFN2O/c1-11-5-6-13(17)8-15(11)20-16(21)10-19-9-12-3-2-4-14(18)7-12/h2-8,19H,9-10H2,1H3,(H,20,21). The van der Waals surface area contributed by atoms with Gasteiger partial charge < -0.3 is 10.6 Å². The van der Waals surface area contributed by atoms with Crippen molar-refractivity contribution in [2.45, 2.75) is 13.5 Å². The van der Waals surface area contributed by atoms with Gasteiger partial charge in [0, 0.05) is 17.3 Å². The molecule has 0 unspecified atom stereocenters. The fourth-order valence-electron chi connectivity index (χ4n) is 1.89. The summed E-state index contributed by atoms with van der Waals surface area (Å²) in [6, 6.07) is 11.6. The van der Waals surface area contributed by atoms with E-state index in [1.807, 2.05) is 13.0 Å². The number of nitrogens with one attached hydrogen (secondary N) is 2. The highest BCUT2D eigenvalue weighted by atomic mass is 35.5. The molecular formula is C16H16ClFN2O. The lowest BCUT2D eigenvalue weighted by Gasteiger charge is -2.09. The van der Waals surface area contributed by atoms with E-state index in [-0.39, 0.29) is 18.3 Å². The van der Waals surface area contributed by atoms with E-state index < -0.39 is 0 Å². The Morgan fingerprint density at radius 1 is 1.24 bits per heavy atom. The molecule has 0 aromatic heterocycles. The fourth-order valence-corrected chi connectivity index (χ4v) is 2.06. The monoisotopic (exact) mass is 306 g/mol. The summed E-state index contributed by atoms with van der Waals surface area (Å²) >= 11 is 5.90. The second kappa shape index (κ2) is 7.20. The highest BCUT2D eigenvalue weighted by molar-refractivity contribution is 6.31. The van der Waals surface area contributed by atoms with Gasteiger partial charge >= 0.3 is 0 Å². The third kappa shape index (κ3) is 4.85. The minimum Gasteiger partial charge on any atom is -0.325 e. The molecule has 0 heterocycles. The number of rotatable bonds is 5. The van der Waals surface area contributed by atoms with Gasteiger partial charge in [-0.3, -0.25) is 4.79 Å². The summed E-state index contributed by atoms with van der Waals surface area (Å²) in [7, 11) is 0. The summed E-state index contributed by atoms with van der Waals surface area (Å²) in [4.78, 5) is 11.8. The molecule has 0 fully saturated rings. The second-order valence-corrected chi connectivity index (χ2v) is 5.18. The molecule has 0 aliphatic heterocycles. The number of amides is 1. The smallest absolute Gasteiger partial charge is 0.238 e. The zero-order chi connectivity index (χ0) is 15.2. The second-order valence-electron chi connectivity index (χ2n) is 4.74. The number of carbonyl (C=O) groups excluding carboxylic acids is 1. The Bertz CT molecular complexity index is 646. The van der Waals surface area contributed by atoms with Gasteiger partial charge in [0.25, 0.3) is 0 Å². The molecule has 0 radical (unpaired) electrons. The van der Waals surface area contributed by atoms with Gasteiger partial charge in [0.05, 0.1) is 6.54 Å². The molecule has 5 heteroatoms. The topological polar surface area (TPSA) is 41.1 Å². The Hall–Kier alpha value is -1.91. The van der Waals surface area contributed by atoms with Crippen molar-refractivity contribution in [1.29, 1.82) is 0 Å². The molecule has 3 nitrogen and oxygen atoms in total. The van der Waals surface area contributed by atoms with Crippen molar-refractivity contribution in [3.63, 3.8) is 0 Å². The number of anilines is 1. The lowest BCUT2D eigenvalue weighted by Crippen LogP contribution is -2.28. The van der Waals surface area contributed by atoms with Crippen LogP contribution in [0.2, 0.25) is 5.02 Å². The first-order chi connectivity index (χ1) is 10.0. The van der Waals surface area contributed by atoms with Crippen molar-refractivity contribution in [1.82, 2.24) is 5.32 Å². The predicted octanol–water partition coefficient (Wildman–Crippen LogP) is 3.52. The summed E-state index contributed by atoms with van der Waals surface area (Å²) < 4.78 is 13.0. The van der Waals surface area contributed by atoms with Crippen LogP contribution in [-0.2, 0) is 11.3 Å². The molecule has 0 aliphatic carbocycles. The molecule has 0 saturated carbocycles. The molecule has 0 aliphatic rings.